The van der Waals surface area contributed by atoms with Crippen LogP contribution in [-0.4, -0.2) is 40.5 Å². The number of nitrogens with one attached hydrogen (secondary N) is 2. The number of rotatable bonds is 5. The summed E-state index contributed by atoms with van der Waals surface area (Å²) in [4.78, 5) is 10.1. The van der Waals surface area contributed by atoms with E-state index in [1.165, 1.54) is 45.3 Å². The zero-order chi connectivity index (χ0) is 12.8. The molecule has 2 heterocycles. The topological polar surface area (TPSA) is 44.0 Å². The van der Waals surface area contributed by atoms with Gasteiger partial charge in [0.15, 0.2) is 0 Å². The molecular weight excluding hydrogens is 224 g/mol. The molecule has 1 aliphatic rings. The molecule has 1 aromatic rings. The van der Waals surface area contributed by atoms with Gasteiger partial charge in [-0.1, -0.05) is 6.92 Å². The van der Waals surface area contributed by atoms with Crippen LogP contribution in [0.1, 0.15) is 51.4 Å². The fourth-order valence-corrected chi connectivity index (χ4v) is 2.81. The molecule has 0 aliphatic carbocycles. The number of imidazole rings is 1. The van der Waals surface area contributed by atoms with Gasteiger partial charge in [0, 0.05) is 18.4 Å². The van der Waals surface area contributed by atoms with Gasteiger partial charge in [0.05, 0.1) is 6.04 Å². The van der Waals surface area contributed by atoms with E-state index in [4.69, 9.17) is 0 Å². The maximum atomic E-state index is 4.32. The fraction of sp³-hybridized carbons (Fsp3) is 0.786. The second kappa shape index (κ2) is 6.90. The van der Waals surface area contributed by atoms with Gasteiger partial charge in [-0.3, -0.25) is 0 Å². The molecule has 0 bridgehead atoms. The summed E-state index contributed by atoms with van der Waals surface area (Å²) >= 11 is 0. The Kier molecular flexibility index (Phi) is 5.20. The minimum Gasteiger partial charge on any atom is -0.347 e. The largest absolute Gasteiger partial charge is 0.347 e. The molecule has 0 spiro atoms. The van der Waals surface area contributed by atoms with Crippen molar-refractivity contribution in [3.05, 3.63) is 18.2 Å². The third-order valence-corrected chi connectivity index (χ3v) is 3.78. The van der Waals surface area contributed by atoms with Crippen molar-refractivity contribution >= 4 is 0 Å². The Labute approximate surface area is 110 Å². The van der Waals surface area contributed by atoms with Gasteiger partial charge in [-0.15, -0.1) is 0 Å². The highest BCUT2D eigenvalue weighted by Gasteiger charge is 2.19. The number of hydrogen-bond donors (Lipinski definition) is 2. The molecule has 2 rings (SSSR count). The lowest BCUT2D eigenvalue weighted by atomic mass is 10.1. The van der Waals surface area contributed by atoms with E-state index in [0.29, 0.717) is 12.1 Å². The van der Waals surface area contributed by atoms with E-state index in [1.807, 2.05) is 12.4 Å². The number of nitrogens with zero attached hydrogens (tertiary/aromatic N) is 2. The fourth-order valence-electron chi connectivity index (χ4n) is 2.81. The highest BCUT2D eigenvalue weighted by Crippen LogP contribution is 2.15. The van der Waals surface area contributed by atoms with Crippen molar-refractivity contribution < 1.29 is 0 Å². The average molecular weight is 250 g/mol. The highest BCUT2D eigenvalue weighted by molar-refractivity contribution is 4.94. The summed E-state index contributed by atoms with van der Waals surface area (Å²) in [5.41, 5.74) is 0. The number of hydrogen-bond acceptors (Lipinski definition) is 3. The predicted molar refractivity (Wildman–Crippen MR) is 74.5 cm³/mol. The Balaban J connectivity index is 1.79. The van der Waals surface area contributed by atoms with Crippen LogP contribution in [0.25, 0.3) is 0 Å². The molecule has 0 amide bonds. The molecule has 102 valence electrons. The normalized spacial score (nSPS) is 23.8. The Morgan fingerprint density at radius 1 is 1.50 bits per heavy atom. The molecule has 0 aromatic carbocycles. The first kappa shape index (κ1) is 13.6. The molecule has 4 heteroatoms. The van der Waals surface area contributed by atoms with E-state index in [0.717, 1.165) is 5.82 Å². The lowest BCUT2D eigenvalue weighted by molar-refractivity contribution is 0.281. The Bertz CT molecular complexity index is 323. The third kappa shape index (κ3) is 3.82. The summed E-state index contributed by atoms with van der Waals surface area (Å²) in [6, 6.07) is 0.953. The van der Waals surface area contributed by atoms with E-state index in [1.54, 1.807) is 0 Å². The monoisotopic (exact) mass is 250 g/mol. The molecule has 4 nitrogen and oxygen atoms in total. The summed E-state index contributed by atoms with van der Waals surface area (Å²) in [6.45, 7) is 8.20. The SMILES string of the molecule is CCCN1CCCC(NC(C)c2ncc[nH]2)CC1. The van der Waals surface area contributed by atoms with Gasteiger partial charge < -0.3 is 15.2 Å². The average Bonchev–Trinajstić information content (AvgIpc) is 2.81. The molecule has 1 aliphatic heterocycles. The summed E-state index contributed by atoms with van der Waals surface area (Å²) < 4.78 is 0. The van der Waals surface area contributed by atoms with Crippen LogP contribution in [0, 0.1) is 0 Å². The number of aromatic nitrogens is 2. The molecule has 0 radical (unpaired) electrons. The van der Waals surface area contributed by atoms with Crippen molar-refractivity contribution in [2.45, 2.75) is 51.6 Å². The second-order valence-electron chi connectivity index (χ2n) is 5.33. The van der Waals surface area contributed by atoms with Gasteiger partial charge in [-0.2, -0.15) is 0 Å². The van der Waals surface area contributed by atoms with Crippen molar-refractivity contribution in [2.75, 3.05) is 19.6 Å². The van der Waals surface area contributed by atoms with E-state index in [-0.39, 0.29) is 0 Å². The summed E-state index contributed by atoms with van der Waals surface area (Å²) in [7, 11) is 0. The zero-order valence-electron chi connectivity index (χ0n) is 11.7. The van der Waals surface area contributed by atoms with Crippen LogP contribution in [0.2, 0.25) is 0 Å². The molecule has 2 N–H and O–H groups in total. The van der Waals surface area contributed by atoms with Crippen molar-refractivity contribution in [1.82, 2.24) is 20.2 Å². The van der Waals surface area contributed by atoms with Gasteiger partial charge in [-0.25, -0.2) is 4.98 Å². The van der Waals surface area contributed by atoms with Crippen molar-refractivity contribution in [1.29, 1.82) is 0 Å². The first-order valence-corrected chi connectivity index (χ1v) is 7.27. The molecule has 1 saturated heterocycles. The van der Waals surface area contributed by atoms with Crippen molar-refractivity contribution in [3.8, 4) is 0 Å². The van der Waals surface area contributed by atoms with Crippen LogP contribution in [-0.2, 0) is 0 Å². The number of aromatic amines is 1. The van der Waals surface area contributed by atoms with Gasteiger partial charge in [0.2, 0.25) is 0 Å². The van der Waals surface area contributed by atoms with Gasteiger partial charge in [-0.05, 0) is 52.2 Å². The maximum Gasteiger partial charge on any atom is 0.122 e. The molecule has 2 atom stereocenters. The van der Waals surface area contributed by atoms with E-state index in [9.17, 15) is 0 Å². The van der Waals surface area contributed by atoms with E-state index >= 15 is 0 Å². The maximum absolute atomic E-state index is 4.32. The molecular formula is C14H26N4. The van der Waals surface area contributed by atoms with Gasteiger partial charge in [0.1, 0.15) is 5.82 Å². The van der Waals surface area contributed by atoms with Crippen LogP contribution in [0.3, 0.4) is 0 Å². The van der Waals surface area contributed by atoms with Crippen LogP contribution in [0.15, 0.2) is 12.4 Å². The molecule has 2 unspecified atom stereocenters. The minimum atomic E-state index is 0.322. The Hall–Kier alpha value is -0.870. The summed E-state index contributed by atoms with van der Waals surface area (Å²) in [6.07, 6.45) is 8.83. The lowest BCUT2D eigenvalue weighted by Gasteiger charge is -2.21. The summed E-state index contributed by atoms with van der Waals surface area (Å²) in [5.74, 6) is 1.05. The minimum absolute atomic E-state index is 0.322. The molecule has 0 saturated carbocycles. The molecule has 18 heavy (non-hydrogen) atoms. The number of likely N-dealkylation sites (tertiary alicyclic amines) is 1. The third-order valence-electron chi connectivity index (χ3n) is 3.78. The molecule has 1 fully saturated rings. The van der Waals surface area contributed by atoms with Crippen molar-refractivity contribution in [2.24, 2.45) is 0 Å². The highest BCUT2D eigenvalue weighted by atomic mass is 15.1. The summed E-state index contributed by atoms with van der Waals surface area (Å²) in [5, 5.41) is 3.70. The molecule has 1 aromatic heterocycles. The Morgan fingerprint density at radius 2 is 2.39 bits per heavy atom. The van der Waals surface area contributed by atoms with Crippen LogP contribution in [0.5, 0.6) is 0 Å². The van der Waals surface area contributed by atoms with E-state index in [2.05, 4.69) is 34.0 Å². The van der Waals surface area contributed by atoms with Crippen LogP contribution >= 0.6 is 0 Å². The first-order chi connectivity index (χ1) is 8.79. The predicted octanol–water partition coefficient (Wildman–Crippen LogP) is 2.32. The van der Waals surface area contributed by atoms with Crippen LogP contribution < -0.4 is 5.32 Å². The lowest BCUT2D eigenvalue weighted by Crippen LogP contribution is -2.33. The quantitative estimate of drug-likeness (QED) is 0.843. The van der Waals surface area contributed by atoms with Gasteiger partial charge >= 0.3 is 0 Å². The number of H-pyrrole nitrogens is 1. The Morgan fingerprint density at radius 3 is 3.11 bits per heavy atom. The van der Waals surface area contributed by atoms with Crippen molar-refractivity contribution in [3.63, 3.8) is 0 Å². The second-order valence-corrected chi connectivity index (χ2v) is 5.33. The van der Waals surface area contributed by atoms with E-state index < -0.39 is 0 Å². The zero-order valence-corrected chi connectivity index (χ0v) is 11.7. The van der Waals surface area contributed by atoms with Crippen LogP contribution in [0.4, 0.5) is 0 Å². The first-order valence-electron chi connectivity index (χ1n) is 7.27. The van der Waals surface area contributed by atoms with Gasteiger partial charge in [0.25, 0.3) is 0 Å². The standard InChI is InChI=1S/C14H26N4/c1-3-9-18-10-4-5-13(6-11-18)17-12(2)14-15-7-8-16-14/h7-8,12-13,17H,3-6,9-11H2,1-2H3,(H,15,16). The smallest absolute Gasteiger partial charge is 0.122 e.